The van der Waals surface area contributed by atoms with Gasteiger partial charge in [-0.25, -0.2) is 4.57 Å². The standard InChI is InChI=1S/C16H37O12P3Si/c1-16(2,3)32(6,7)28-14-12-24-13(15(14)27-29(5,17)23-4)8-11-30(18,19)25-9-10-26-31(20,21)22/h13-15,17H,5,8-12H2,1-4,6-7H3,(H,18,19)(H2,20,21,22)/t13-,14?,15+,29?/m1/s1. The van der Waals surface area contributed by atoms with Gasteiger partial charge in [-0.15, -0.1) is 0 Å². The molecule has 1 saturated heterocycles. The molecule has 4 N–H and O–H groups in total. The third-order valence-electron chi connectivity index (χ3n) is 5.36. The van der Waals surface area contributed by atoms with E-state index in [1.54, 1.807) is 0 Å². The lowest BCUT2D eigenvalue weighted by atomic mass is 10.1. The Bertz CT molecular complexity index is 749. The maximum absolute atomic E-state index is 12.3. The number of hydrogen-bond donors (Lipinski definition) is 4. The van der Waals surface area contributed by atoms with Crippen molar-refractivity contribution in [1.82, 2.24) is 0 Å². The zero-order chi connectivity index (χ0) is 25.0. The fourth-order valence-corrected chi connectivity index (χ4v) is 6.04. The van der Waals surface area contributed by atoms with Crippen molar-refractivity contribution in [3.05, 3.63) is 0 Å². The second kappa shape index (κ2) is 11.5. The van der Waals surface area contributed by atoms with Crippen molar-refractivity contribution in [1.29, 1.82) is 0 Å². The van der Waals surface area contributed by atoms with Crippen LogP contribution in [0.4, 0.5) is 0 Å². The zero-order valence-corrected chi connectivity index (χ0v) is 23.1. The highest BCUT2D eigenvalue weighted by atomic mass is 31.2. The minimum atomic E-state index is -4.68. The number of phosphoric ester groups is 1. The lowest BCUT2D eigenvalue weighted by molar-refractivity contribution is 0.0290. The van der Waals surface area contributed by atoms with Crippen LogP contribution in [-0.4, -0.2) is 85.6 Å². The maximum atomic E-state index is 12.3. The topological polar surface area (TPSA) is 170 Å². The summed E-state index contributed by atoms with van der Waals surface area (Å²) < 4.78 is 54.8. The van der Waals surface area contributed by atoms with Gasteiger partial charge < -0.3 is 42.3 Å². The van der Waals surface area contributed by atoms with E-state index in [4.69, 9.17) is 32.5 Å². The first-order chi connectivity index (χ1) is 14.3. The second-order valence-electron chi connectivity index (χ2n) is 8.99. The fourth-order valence-electron chi connectivity index (χ4n) is 2.61. The summed E-state index contributed by atoms with van der Waals surface area (Å²) in [5, 5.41) is -0.0867. The van der Waals surface area contributed by atoms with Gasteiger partial charge in [-0.3, -0.25) is 9.09 Å². The van der Waals surface area contributed by atoms with Gasteiger partial charge >= 0.3 is 15.4 Å². The molecule has 0 amide bonds. The van der Waals surface area contributed by atoms with Crippen LogP contribution in [0.5, 0.6) is 0 Å². The molecule has 1 aliphatic rings. The van der Waals surface area contributed by atoms with Gasteiger partial charge in [0.2, 0.25) is 7.57 Å². The molecule has 0 spiro atoms. The summed E-state index contributed by atoms with van der Waals surface area (Å²) in [5.41, 5.74) is 0. The van der Waals surface area contributed by atoms with Crippen LogP contribution in [0.1, 0.15) is 27.2 Å². The van der Waals surface area contributed by atoms with E-state index in [9.17, 15) is 18.9 Å². The molecule has 1 heterocycles. The molecule has 192 valence electrons. The molecule has 0 aromatic rings. The third kappa shape index (κ3) is 10.5. The van der Waals surface area contributed by atoms with Crippen LogP contribution in [0.2, 0.25) is 18.1 Å². The smallest absolute Gasteiger partial charge is 0.409 e. The van der Waals surface area contributed by atoms with E-state index in [-0.39, 0.29) is 24.2 Å². The first-order valence-corrected chi connectivity index (χ1v) is 17.9. The van der Waals surface area contributed by atoms with Crippen LogP contribution in [-0.2, 0) is 36.4 Å². The largest absolute Gasteiger partial charge is 0.469 e. The molecule has 12 nitrogen and oxygen atoms in total. The number of rotatable bonds is 13. The summed E-state index contributed by atoms with van der Waals surface area (Å²) in [4.78, 5) is 37.5. The van der Waals surface area contributed by atoms with E-state index in [1.807, 2.05) is 0 Å². The van der Waals surface area contributed by atoms with Crippen LogP contribution in [0, 0.1) is 0 Å². The molecule has 0 aromatic heterocycles. The average molecular weight is 542 g/mol. The normalized spacial score (nSPS) is 26.6. The molecule has 1 aliphatic heterocycles. The minimum Gasteiger partial charge on any atom is -0.409 e. The molecule has 32 heavy (non-hydrogen) atoms. The Morgan fingerprint density at radius 1 is 1.09 bits per heavy atom. The second-order valence-corrected chi connectivity index (χ2v) is 18.8. The summed E-state index contributed by atoms with van der Waals surface area (Å²) in [6.45, 7) is 9.51. The number of hydrogen-bond acceptors (Lipinski definition) is 9. The molecular formula is C16H37O12P3Si. The summed E-state index contributed by atoms with van der Waals surface area (Å²) in [6, 6.07) is 0. The Hall–Kier alpha value is 0.577. The summed E-state index contributed by atoms with van der Waals surface area (Å²) in [6.07, 6.45) is 1.28. The zero-order valence-electron chi connectivity index (χ0n) is 19.4. The van der Waals surface area contributed by atoms with Crippen molar-refractivity contribution in [2.75, 3.05) is 33.1 Å². The third-order valence-corrected chi connectivity index (χ3v) is 12.9. The molecule has 0 aliphatic carbocycles. The predicted octanol–water partition coefficient (Wildman–Crippen LogP) is 2.70. The first kappa shape index (κ1) is 30.6. The van der Waals surface area contributed by atoms with Gasteiger partial charge in [-0.05, 0) is 30.9 Å². The predicted molar refractivity (Wildman–Crippen MR) is 123 cm³/mol. The number of phosphoric acid groups is 1. The molecule has 3 unspecified atom stereocenters. The van der Waals surface area contributed by atoms with Crippen LogP contribution >= 0.6 is 23.0 Å². The quantitative estimate of drug-likeness (QED) is 0.153. The molecule has 0 bridgehead atoms. The first-order valence-electron chi connectivity index (χ1n) is 9.95. The Labute approximate surface area is 190 Å². The Morgan fingerprint density at radius 3 is 2.16 bits per heavy atom. The highest BCUT2D eigenvalue weighted by Crippen LogP contribution is 2.49. The van der Waals surface area contributed by atoms with Gasteiger partial charge in [-0.2, -0.15) is 0 Å². The van der Waals surface area contributed by atoms with E-state index < -0.39 is 62.8 Å². The maximum Gasteiger partial charge on any atom is 0.469 e. The van der Waals surface area contributed by atoms with Crippen LogP contribution in [0.3, 0.4) is 0 Å². The van der Waals surface area contributed by atoms with Crippen molar-refractivity contribution < 1.29 is 56.0 Å². The highest BCUT2D eigenvalue weighted by Gasteiger charge is 2.47. The van der Waals surface area contributed by atoms with Crippen LogP contribution in [0.15, 0.2) is 0 Å². The molecule has 16 heteroatoms. The fraction of sp³-hybridized carbons (Fsp3) is 0.938. The lowest BCUT2D eigenvalue weighted by Gasteiger charge is -2.40. The molecule has 5 atom stereocenters. The van der Waals surface area contributed by atoms with Crippen molar-refractivity contribution in [3.63, 3.8) is 0 Å². The Balaban J connectivity index is 2.81. The molecule has 0 aromatic carbocycles. The van der Waals surface area contributed by atoms with Gasteiger partial charge in [0.15, 0.2) is 8.32 Å². The molecule has 0 saturated carbocycles. The SMILES string of the molecule is C=P(O)(OC)O[C@@H]1C(O[Si](C)(C)C(C)(C)C)CO[C@@H]1CCP(=O)(O)OCCOP(=O)(O)O. The van der Waals surface area contributed by atoms with E-state index in [0.717, 1.165) is 0 Å². The van der Waals surface area contributed by atoms with E-state index in [2.05, 4.69) is 44.7 Å². The van der Waals surface area contributed by atoms with Gasteiger partial charge in [0.1, 0.15) is 6.10 Å². The molecular weight excluding hydrogens is 505 g/mol. The molecule has 1 fully saturated rings. The van der Waals surface area contributed by atoms with Crippen molar-refractivity contribution in [2.24, 2.45) is 0 Å². The summed E-state index contributed by atoms with van der Waals surface area (Å²) in [7, 11) is -13.1. The summed E-state index contributed by atoms with van der Waals surface area (Å²) in [5.74, 6) is 0. The van der Waals surface area contributed by atoms with Gasteiger partial charge in [-0.1, -0.05) is 20.8 Å². The van der Waals surface area contributed by atoms with Gasteiger partial charge in [0.25, 0.3) is 0 Å². The summed E-state index contributed by atoms with van der Waals surface area (Å²) >= 11 is 0. The van der Waals surface area contributed by atoms with E-state index in [0.29, 0.717) is 0 Å². The van der Waals surface area contributed by atoms with Crippen molar-refractivity contribution >= 4 is 37.6 Å². The average Bonchev–Trinajstić information content (AvgIpc) is 2.96. The molecule has 1 rings (SSSR count). The molecule has 0 radical (unpaired) electrons. The number of ether oxygens (including phenoxy) is 1. The van der Waals surface area contributed by atoms with Gasteiger partial charge in [0.05, 0.1) is 38.2 Å². The monoisotopic (exact) mass is 542 g/mol. The Kier molecular flexibility index (Phi) is 11.0. The van der Waals surface area contributed by atoms with Crippen LogP contribution < -0.4 is 0 Å². The van der Waals surface area contributed by atoms with Crippen LogP contribution in [0.25, 0.3) is 0 Å². The Morgan fingerprint density at radius 2 is 1.66 bits per heavy atom. The minimum absolute atomic E-state index is 0.0405. The van der Waals surface area contributed by atoms with E-state index >= 15 is 0 Å². The van der Waals surface area contributed by atoms with Crippen molar-refractivity contribution in [2.45, 2.75) is 63.6 Å². The van der Waals surface area contributed by atoms with Gasteiger partial charge in [0, 0.05) is 7.11 Å². The van der Waals surface area contributed by atoms with Crippen molar-refractivity contribution in [3.8, 4) is 0 Å². The lowest BCUT2D eigenvalue weighted by Crippen LogP contribution is -2.48. The highest BCUT2D eigenvalue weighted by molar-refractivity contribution is 7.58. The van der Waals surface area contributed by atoms with E-state index in [1.165, 1.54) is 7.11 Å².